The minimum absolute atomic E-state index is 0.0185. The van der Waals surface area contributed by atoms with Gasteiger partial charge in [0.05, 0.1) is 0 Å². The summed E-state index contributed by atoms with van der Waals surface area (Å²) in [6, 6.07) is 4.42. The maximum absolute atomic E-state index is 10.6. The lowest BCUT2D eigenvalue weighted by Gasteiger charge is -1.99. The van der Waals surface area contributed by atoms with Crippen LogP contribution in [0.25, 0.3) is 5.82 Å². The molecule has 23 heavy (non-hydrogen) atoms. The number of nitrogens with zero attached hydrogens (tertiary/aromatic N) is 6. The van der Waals surface area contributed by atoms with E-state index in [-0.39, 0.29) is 11.4 Å². The van der Waals surface area contributed by atoms with Gasteiger partial charge in [0.1, 0.15) is 12.7 Å². The van der Waals surface area contributed by atoms with Crippen LogP contribution in [-0.2, 0) is 0 Å². The summed E-state index contributed by atoms with van der Waals surface area (Å²) in [6.07, 6.45) is 7.04. The average Bonchev–Trinajstić information content (AvgIpc) is 3.11. The number of carboxylic acid groups (broad SMARTS) is 2. The highest BCUT2D eigenvalue weighted by Crippen LogP contribution is 2.02. The van der Waals surface area contributed by atoms with Crippen molar-refractivity contribution in [2.75, 3.05) is 0 Å². The quantitative estimate of drug-likeness (QED) is 0.707. The minimum atomic E-state index is -1.08. The fraction of sp³-hybridized carbons (Fsp3) is 0. The SMILES string of the molecule is O=C(O)c1cc(-n2cccn2)ncn1.O=C(O)c1ccncn1. The Morgan fingerprint density at radius 1 is 0.957 bits per heavy atom. The summed E-state index contributed by atoms with van der Waals surface area (Å²) in [4.78, 5) is 35.2. The monoisotopic (exact) mass is 314 g/mol. The van der Waals surface area contributed by atoms with Gasteiger partial charge in [-0.1, -0.05) is 0 Å². The van der Waals surface area contributed by atoms with E-state index in [1.54, 1.807) is 18.5 Å². The van der Waals surface area contributed by atoms with Crippen molar-refractivity contribution in [1.82, 2.24) is 29.7 Å². The van der Waals surface area contributed by atoms with E-state index in [2.05, 4.69) is 25.0 Å². The van der Waals surface area contributed by atoms with Gasteiger partial charge in [-0.3, -0.25) is 0 Å². The number of aromatic carboxylic acids is 2. The van der Waals surface area contributed by atoms with Crippen molar-refractivity contribution in [3.63, 3.8) is 0 Å². The van der Waals surface area contributed by atoms with E-state index >= 15 is 0 Å². The molecular formula is C13H10N6O4. The lowest BCUT2D eigenvalue weighted by Crippen LogP contribution is -2.05. The Hall–Kier alpha value is -3.69. The number of carbonyl (C=O) groups is 2. The van der Waals surface area contributed by atoms with E-state index in [4.69, 9.17) is 10.2 Å². The molecular weight excluding hydrogens is 304 g/mol. The van der Waals surface area contributed by atoms with Gasteiger partial charge in [-0.05, 0) is 12.1 Å². The van der Waals surface area contributed by atoms with Gasteiger partial charge < -0.3 is 10.2 Å². The van der Waals surface area contributed by atoms with Gasteiger partial charge in [-0.25, -0.2) is 34.2 Å². The first-order chi connectivity index (χ1) is 11.1. The molecule has 3 rings (SSSR count). The molecule has 0 aliphatic heterocycles. The molecule has 116 valence electrons. The molecule has 0 atom stereocenters. The maximum Gasteiger partial charge on any atom is 0.354 e. The Kier molecular flexibility index (Phi) is 5.02. The van der Waals surface area contributed by atoms with E-state index in [9.17, 15) is 9.59 Å². The molecule has 10 heteroatoms. The van der Waals surface area contributed by atoms with E-state index in [1.165, 1.54) is 35.7 Å². The zero-order valence-electron chi connectivity index (χ0n) is 11.5. The highest BCUT2D eigenvalue weighted by molar-refractivity contribution is 5.85. The number of hydrogen-bond acceptors (Lipinski definition) is 7. The minimum Gasteiger partial charge on any atom is -0.477 e. The topological polar surface area (TPSA) is 144 Å². The summed E-state index contributed by atoms with van der Waals surface area (Å²) < 4.78 is 1.47. The molecule has 0 amide bonds. The highest BCUT2D eigenvalue weighted by atomic mass is 16.4. The largest absolute Gasteiger partial charge is 0.477 e. The predicted octanol–water partition coefficient (Wildman–Crippen LogP) is 0.535. The second-order valence-electron chi connectivity index (χ2n) is 3.92. The van der Waals surface area contributed by atoms with Crippen molar-refractivity contribution in [1.29, 1.82) is 0 Å². The van der Waals surface area contributed by atoms with Crippen molar-refractivity contribution in [3.05, 3.63) is 60.8 Å². The molecule has 0 unspecified atom stereocenters. The Bertz CT molecular complexity index is 791. The first-order valence-electron chi connectivity index (χ1n) is 6.12. The summed E-state index contributed by atoms with van der Waals surface area (Å²) in [5.74, 6) is -1.68. The molecule has 3 aromatic rings. The average molecular weight is 314 g/mol. The molecule has 0 spiro atoms. The zero-order valence-corrected chi connectivity index (χ0v) is 11.5. The summed E-state index contributed by atoms with van der Waals surface area (Å²) in [6.45, 7) is 0. The Morgan fingerprint density at radius 2 is 1.70 bits per heavy atom. The Balaban J connectivity index is 0.000000185. The number of aromatic nitrogens is 6. The summed E-state index contributed by atoms with van der Waals surface area (Å²) in [5, 5.41) is 20.9. The third-order valence-corrected chi connectivity index (χ3v) is 2.41. The number of rotatable bonds is 3. The van der Waals surface area contributed by atoms with Crippen LogP contribution >= 0.6 is 0 Å². The van der Waals surface area contributed by atoms with E-state index in [0.717, 1.165) is 0 Å². The molecule has 3 heterocycles. The molecule has 3 aromatic heterocycles. The van der Waals surface area contributed by atoms with Crippen molar-refractivity contribution in [3.8, 4) is 5.82 Å². The number of carboxylic acids is 2. The van der Waals surface area contributed by atoms with Crippen molar-refractivity contribution < 1.29 is 19.8 Å². The fourth-order valence-electron chi connectivity index (χ4n) is 1.41. The van der Waals surface area contributed by atoms with Crippen LogP contribution in [0, 0.1) is 0 Å². The van der Waals surface area contributed by atoms with E-state index in [1.807, 2.05) is 0 Å². The Morgan fingerprint density at radius 3 is 2.22 bits per heavy atom. The molecule has 0 radical (unpaired) electrons. The van der Waals surface area contributed by atoms with Crippen LogP contribution in [0.1, 0.15) is 21.0 Å². The molecule has 0 saturated heterocycles. The summed E-state index contributed by atoms with van der Waals surface area (Å²) >= 11 is 0. The van der Waals surface area contributed by atoms with Gasteiger partial charge in [-0.15, -0.1) is 0 Å². The third kappa shape index (κ3) is 4.39. The molecule has 0 aliphatic rings. The predicted molar refractivity (Wildman–Crippen MR) is 75.1 cm³/mol. The molecule has 0 aromatic carbocycles. The standard InChI is InChI=1S/C8H6N4O2.C5H4N2O2/c13-8(14)6-4-7(10-5-9-6)12-3-1-2-11-12;8-5(9)4-1-2-6-3-7-4/h1-5H,(H,13,14);1-3H,(H,8,9). The van der Waals surface area contributed by atoms with Crippen LogP contribution in [0.3, 0.4) is 0 Å². The van der Waals surface area contributed by atoms with Gasteiger partial charge in [-0.2, -0.15) is 5.10 Å². The first kappa shape index (κ1) is 15.7. The van der Waals surface area contributed by atoms with Gasteiger partial charge in [0.25, 0.3) is 0 Å². The van der Waals surface area contributed by atoms with Crippen LogP contribution in [0.2, 0.25) is 0 Å². The number of hydrogen-bond donors (Lipinski definition) is 2. The summed E-state index contributed by atoms with van der Waals surface area (Å²) in [5.41, 5.74) is -0.0319. The van der Waals surface area contributed by atoms with Gasteiger partial charge in [0.2, 0.25) is 0 Å². The highest BCUT2D eigenvalue weighted by Gasteiger charge is 2.06. The van der Waals surface area contributed by atoms with Crippen molar-refractivity contribution >= 4 is 11.9 Å². The molecule has 10 nitrogen and oxygen atoms in total. The fourth-order valence-corrected chi connectivity index (χ4v) is 1.41. The van der Waals surface area contributed by atoms with Gasteiger partial charge in [0, 0.05) is 24.7 Å². The lowest BCUT2D eigenvalue weighted by molar-refractivity contribution is 0.0679. The van der Waals surface area contributed by atoms with Crippen molar-refractivity contribution in [2.45, 2.75) is 0 Å². The molecule has 0 saturated carbocycles. The zero-order chi connectivity index (χ0) is 16.7. The van der Waals surface area contributed by atoms with Crippen LogP contribution < -0.4 is 0 Å². The smallest absolute Gasteiger partial charge is 0.354 e. The second-order valence-corrected chi connectivity index (χ2v) is 3.92. The normalized spacial score (nSPS) is 9.57. The third-order valence-electron chi connectivity index (χ3n) is 2.41. The lowest BCUT2D eigenvalue weighted by atomic mass is 10.4. The second kappa shape index (κ2) is 7.36. The van der Waals surface area contributed by atoms with Crippen LogP contribution in [-0.4, -0.2) is 51.9 Å². The molecule has 0 fully saturated rings. The van der Waals surface area contributed by atoms with Crippen LogP contribution in [0.15, 0.2) is 49.4 Å². The van der Waals surface area contributed by atoms with Crippen LogP contribution in [0.4, 0.5) is 0 Å². The van der Waals surface area contributed by atoms with Gasteiger partial charge in [0.15, 0.2) is 17.2 Å². The van der Waals surface area contributed by atoms with Crippen molar-refractivity contribution in [2.24, 2.45) is 0 Å². The summed E-state index contributed by atoms with van der Waals surface area (Å²) in [7, 11) is 0. The Labute approximate surface area is 129 Å². The van der Waals surface area contributed by atoms with Crippen LogP contribution in [0.5, 0.6) is 0 Å². The van der Waals surface area contributed by atoms with E-state index in [0.29, 0.717) is 5.82 Å². The first-order valence-corrected chi connectivity index (χ1v) is 6.12. The molecule has 0 bridgehead atoms. The van der Waals surface area contributed by atoms with E-state index < -0.39 is 11.9 Å². The van der Waals surface area contributed by atoms with Gasteiger partial charge >= 0.3 is 11.9 Å². The molecule has 2 N–H and O–H groups in total. The molecule has 0 aliphatic carbocycles. The maximum atomic E-state index is 10.6.